The molecule has 30 heavy (non-hydrogen) atoms. The van der Waals surface area contributed by atoms with Gasteiger partial charge in [-0.3, -0.25) is 4.79 Å². The second-order valence-corrected chi connectivity index (χ2v) is 7.03. The number of aromatic nitrogens is 1. The number of ether oxygens (including phenoxy) is 3. The van der Waals surface area contributed by atoms with E-state index in [4.69, 9.17) is 14.2 Å². The molecule has 0 bridgehead atoms. The highest BCUT2D eigenvalue weighted by Crippen LogP contribution is 2.29. The standard InChI is InChI=1S/C21H26N4O5/c1-24(2)20(26)16-6-5-10-22-19(16)30-15-9-11-25(13-15)21(27)23-17-8-7-14(28-3)12-18(17)29-4/h5-8,10,12,15H,9,11,13H2,1-4H3,(H,23,27). The largest absolute Gasteiger partial charge is 0.497 e. The second-order valence-electron chi connectivity index (χ2n) is 7.03. The topological polar surface area (TPSA) is 93.2 Å². The van der Waals surface area contributed by atoms with Gasteiger partial charge in [-0.05, 0) is 24.3 Å². The van der Waals surface area contributed by atoms with Crippen molar-refractivity contribution in [3.8, 4) is 17.4 Å². The molecule has 0 aliphatic carbocycles. The van der Waals surface area contributed by atoms with E-state index in [-0.39, 0.29) is 23.9 Å². The molecule has 1 aliphatic heterocycles. The summed E-state index contributed by atoms with van der Waals surface area (Å²) < 4.78 is 16.5. The highest BCUT2D eigenvalue weighted by molar-refractivity contribution is 5.96. The molecule has 9 heteroatoms. The molecule has 3 rings (SSSR count). The molecule has 1 saturated heterocycles. The molecule has 0 radical (unpaired) electrons. The van der Waals surface area contributed by atoms with Gasteiger partial charge in [0.2, 0.25) is 5.88 Å². The van der Waals surface area contributed by atoms with Crippen molar-refractivity contribution in [2.24, 2.45) is 0 Å². The number of methoxy groups -OCH3 is 2. The maximum absolute atomic E-state index is 12.7. The van der Waals surface area contributed by atoms with Crippen LogP contribution in [0.2, 0.25) is 0 Å². The zero-order chi connectivity index (χ0) is 21.7. The van der Waals surface area contributed by atoms with Crippen molar-refractivity contribution < 1.29 is 23.8 Å². The Kier molecular flexibility index (Phi) is 6.61. The molecule has 0 spiro atoms. The summed E-state index contributed by atoms with van der Waals surface area (Å²) in [6, 6.07) is 8.30. The van der Waals surface area contributed by atoms with E-state index in [0.717, 1.165) is 0 Å². The number of hydrogen-bond acceptors (Lipinski definition) is 6. The monoisotopic (exact) mass is 414 g/mol. The Labute approximate surface area is 175 Å². The first-order chi connectivity index (χ1) is 14.4. The quantitative estimate of drug-likeness (QED) is 0.781. The molecule has 3 amide bonds. The molecule has 1 unspecified atom stereocenters. The predicted molar refractivity (Wildman–Crippen MR) is 111 cm³/mol. The number of carbonyl (C=O) groups excluding carboxylic acids is 2. The van der Waals surface area contributed by atoms with Gasteiger partial charge < -0.3 is 29.3 Å². The van der Waals surface area contributed by atoms with E-state index < -0.39 is 0 Å². The Hall–Kier alpha value is -3.49. The molecule has 1 fully saturated rings. The van der Waals surface area contributed by atoms with Crippen LogP contribution >= 0.6 is 0 Å². The van der Waals surface area contributed by atoms with Crippen LogP contribution in [0.5, 0.6) is 17.4 Å². The van der Waals surface area contributed by atoms with Gasteiger partial charge in [0.05, 0.1) is 26.5 Å². The summed E-state index contributed by atoms with van der Waals surface area (Å²) in [4.78, 5) is 32.4. The fourth-order valence-electron chi connectivity index (χ4n) is 3.15. The van der Waals surface area contributed by atoms with Gasteiger partial charge in [0, 0.05) is 39.3 Å². The molecule has 2 aromatic rings. The highest BCUT2D eigenvalue weighted by atomic mass is 16.5. The van der Waals surface area contributed by atoms with E-state index >= 15 is 0 Å². The minimum Gasteiger partial charge on any atom is -0.497 e. The minimum absolute atomic E-state index is 0.183. The number of anilines is 1. The maximum Gasteiger partial charge on any atom is 0.322 e. The van der Waals surface area contributed by atoms with E-state index in [0.29, 0.717) is 42.3 Å². The molecule has 1 aliphatic rings. The summed E-state index contributed by atoms with van der Waals surface area (Å²) in [6.45, 7) is 0.912. The van der Waals surface area contributed by atoms with Crippen LogP contribution in [0.25, 0.3) is 0 Å². The summed E-state index contributed by atoms with van der Waals surface area (Å²) in [7, 11) is 6.45. The average molecular weight is 414 g/mol. The Balaban J connectivity index is 1.64. The van der Waals surface area contributed by atoms with E-state index in [2.05, 4.69) is 10.3 Å². The first-order valence-electron chi connectivity index (χ1n) is 9.54. The number of pyridine rings is 1. The van der Waals surface area contributed by atoms with E-state index in [9.17, 15) is 9.59 Å². The van der Waals surface area contributed by atoms with Crippen LogP contribution in [0.4, 0.5) is 10.5 Å². The van der Waals surface area contributed by atoms with Crippen LogP contribution in [0.15, 0.2) is 36.5 Å². The summed E-state index contributed by atoms with van der Waals surface area (Å²) >= 11 is 0. The van der Waals surface area contributed by atoms with Crippen LogP contribution in [0, 0.1) is 0 Å². The Morgan fingerprint density at radius 3 is 2.70 bits per heavy atom. The first kappa shape index (κ1) is 21.2. The molecule has 0 saturated carbocycles. The van der Waals surface area contributed by atoms with Gasteiger partial charge in [-0.2, -0.15) is 0 Å². The molecule has 1 N–H and O–H groups in total. The van der Waals surface area contributed by atoms with Crippen LogP contribution in [0.1, 0.15) is 16.8 Å². The van der Waals surface area contributed by atoms with Gasteiger partial charge in [-0.25, -0.2) is 9.78 Å². The number of carbonyl (C=O) groups is 2. The summed E-state index contributed by atoms with van der Waals surface area (Å²) in [5.74, 6) is 1.24. The molecule has 9 nitrogen and oxygen atoms in total. The zero-order valence-corrected chi connectivity index (χ0v) is 17.5. The number of nitrogens with one attached hydrogen (secondary N) is 1. The third kappa shape index (κ3) is 4.73. The number of nitrogens with zero attached hydrogens (tertiary/aromatic N) is 3. The van der Waals surface area contributed by atoms with Crippen LogP contribution in [-0.4, -0.2) is 74.2 Å². The molecule has 1 atom stereocenters. The average Bonchev–Trinajstić information content (AvgIpc) is 3.22. The molecular formula is C21H26N4O5. The van der Waals surface area contributed by atoms with Crippen LogP contribution in [-0.2, 0) is 0 Å². The molecule has 160 valence electrons. The minimum atomic E-state index is -0.254. The number of urea groups is 1. The Morgan fingerprint density at radius 1 is 1.20 bits per heavy atom. The van der Waals surface area contributed by atoms with Gasteiger partial charge in [0.15, 0.2) is 0 Å². The van der Waals surface area contributed by atoms with Gasteiger partial charge in [0.1, 0.15) is 23.2 Å². The number of likely N-dealkylation sites (tertiary alicyclic amines) is 1. The van der Waals surface area contributed by atoms with E-state index in [1.807, 2.05) is 0 Å². The van der Waals surface area contributed by atoms with Crippen LogP contribution < -0.4 is 19.5 Å². The fraction of sp³-hybridized carbons (Fsp3) is 0.381. The lowest BCUT2D eigenvalue weighted by molar-refractivity contribution is 0.0818. The molecule has 1 aromatic heterocycles. The lowest BCUT2D eigenvalue weighted by Crippen LogP contribution is -2.34. The molecule has 1 aromatic carbocycles. The molecular weight excluding hydrogens is 388 g/mol. The Morgan fingerprint density at radius 2 is 2.00 bits per heavy atom. The highest BCUT2D eigenvalue weighted by Gasteiger charge is 2.29. The van der Waals surface area contributed by atoms with Crippen molar-refractivity contribution >= 4 is 17.6 Å². The van der Waals surface area contributed by atoms with Gasteiger partial charge in [-0.15, -0.1) is 0 Å². The predicted octanol–water partition coefficient (Wildman–Crippen LogP) is 2.49. The number of amides is 3. The van der Waals surface area contributed by atoms with Crippen LogP contribution in [0.3, 0.4) is 0 Å². The number of rotatable bonds is 6. The van der Waals surface area contributed by atoms with Gasteiger partial charge in [-0.1, -0.05) is 0 Å². The van der Waals surface area contributed by atoms with Crippen molar-refractivity contribution in [3.63, 3.8) is 0 Å². The van der Waals surface area contributed by atoms with Crippen molar-refractivity contribution in [2.75, 3.05) is 46.7 Å². The zero-order valence-electron chi connectivity index (χ0n) is 17.5. The van der Waals surface area contributed by atoms with Gasteiger partial charge in [0.25, 0.3) is 5.91 Å². The molecule has 2 heterocycles. The van der Waals surface area contributed by atoms with E-state index in [1.165, 1.54) is 12.0 Å². The summed E-state index contributed by atoms with van der Waals surface area (Å²) in [5.41, 5.74) is 0.949. The third-order valence-electron chi connectivity index (χ3n) is 4.77. The summed E-state index contributed by atoms with van der Waals surface area (Å²) in [5, 5.41) is 2.86. The maximum atomic E-state index is 12.7. The van der Waals surface area contributed by atoms with Crippen molar-refractivity contribution in [1.82, 2.24) is 14.8 Å². The summed E-state index contributed by atoms with van der Waals surface area (Å²) in [6.07, 6.45) is 1.97. The SMILES string of the molecule is COc1ccc(NC(=O)N2CCC(Oc3ncccc3C(=O)N(C)C)C2)c(OC)c1. The number of benzene rings is 1. The number of hydrogen-bond donors (Lipinski definition) is 1. The smallest absolute Gasteiger partial charge is 0.322 e. The van der Waals surface area contributed by atoms with E-state index in [1.54, 1.807) is 62.6 Å². The van der Waals surface area contributed by atoms with Crippen molar-refractivity contribution in [1.29, 1.82) is 0 Å². The normalized spacial score (nSPS) is 15.5. The lowest BCUT2D eigenvalue weighted by Gasteiger charge is -2.20. The van der Waals surface area contributed by atoms with Crippen molar-refractivity contribution in [2.45, 2.75) is 12.5 Å². The Bertz CT molecular complexity index is 918. The lowest BCUT2D eigenvalue weighted by atomic mass is 10.2. The van der Waals surface area contributed by atoms with Crippen molar-refractivity contribution in [3.05, 3.63) is 42.1 Å². The first-order valence-corrected chi connectivity index (χ1v) is 9.54. The van der Waals surface area contributed by atoms with Gasteiger partial charge >= 0.3 is 6.03 Å². The second kappa shape index (κ2) is 9.34. The fourth-order valence-corrected chi connectivity index (χ4v) is 3.15. The third-order valence-corrected chi connectivity index (χ3v) is 4.77.